The molecule has 1 aromatic carbocycles. The second kappa shape index (κ2) is 10.2. The van der Waals surface area contributed by atoms with Crippen LogP contribution in [-0.2, 0) is 4.74 Å². The molecule has 2 aliphatic rings. The number of morpholine rings is 1. The summed E-state index contributed by atoms with van der Waals surface area (Å²) in [6, 6.07) is 12.5. The lowest BCUT2D eigenvalue weighted by Gasteiger charge is -2.33. The number of ether oxygens (including phenoxy) is 1. The van der Waals surface area contributed by atoms with Gasteiger partial charge in [-0.2, -0.15) is 9.97 Å². The molecule has 0 bridgehead atoms. The van der Waals surface area contributed by atoms with Crippen LogP contribution >= 0.6 is 12.2 Å². The van der Waals surface area contributed by atoms with Crippen LogP contribution in [0, 0.1) is 5.92 Å². The number of rotatable bonds is 5. The number of nitrogens with zero attached hydrogens (tertiary/aromatic N) is 4. The summed E-state index contributed by atoms with van der Waals surface area (Å²) in [5.74, 6) is 3.09. The predicted molar refractivity (Wildman–Crippen MR) is 130 cm³/mol. The zero-order valence-corrected chi connectivity index (χ0v) is 19.2. The van der Waals surface area contributed by atoms with E-state index in [4.69, 9.17) is 26.9 Å². The van der Waals surface area contributed by atoms with Gasteiger partial charge in [-0.15, -0.1) is 0 Å². The molecule has 0 saturated carbocycles. The first-order valence-corrected chi connectivity index (χ1v) is 11.6. The smallest absolute Gasteiger partial charge is 0.232 e. The van der Waals surface area contributed by atoms with E-state index < -0.39 is 0 Å². The molecule has 8 heteroatoms. The van der Waals surface area contributed by atoms with E-state index in [1.807, 2.05) is 18.2 Å². The average Bonchev–Trinajstić information content (AvgIpc) is 2.80. The Bertz CT molecular complexity index is 874. The molecule has 0 amide bonds. The van der Waals surface area contributed by atoms with Crippen molar-refractivity contribution in [3.05, 3.63) is 42.0 Å². The van der Waals surface area contributed by atoms with Crippen molar-refractivity contribution in [3.63, 3.8) is 0 Å². The topological polar surface area (TPSA) is 65.6 Å². The maximum absolute atomic E-state index is 5.58. The summed E-state index contributed by atoms with van der Waals surface area (Å²) >= 11 is 5.58. The molecule has 0 spiro atoms. The minimum Gasteiger partial charge on any atom is -0.378 e. The van der Waals surface area contributed by atoms with Gasteiger partial charge < -0.3 is 25.2 Å². The Balaban J connectivity index is 1.52. The molecule has 4 rings (SSSR count). The number of hydrogen-bond acceptors (Lipinski definition) is 6. The van der Waals surface area contributed by atoms with Crippen molar-refractivity contribution in [3.8, 4) is 0 Å². The van der Waals surface area contributed by atoms with Gasteiger partial charge >= 0.3 is 0 Å². The first kappa shape index (κ1) is 21.8. The van der Waals surface area contributed by atoms with Crippen molar-refractivity contribution in [1.82, 2.24) is 15.3 Å². The molecular formula is C23H32N6OS. The van der Waals surface area contributed by atoms with Gasteiger partial charge in [0.15, 0.2) is 5.11 Å². The summed E-state index contributed by atoms with van der Waals surface area (Å²) < 4.78 is 5.52. The molecular weight excluding hydrogens is 408 g/mol. The van der Waals surface area contributed by atoms with E-state index in [1.54, 1.807) is 0 Å². The summed E-state index contributed by atoms with van der Waals surface area (Å²) in [4.78, 5) is 14.2. The van der Waals surface area contributed by atoms with Crippen LogP contribution in [0.4, 0.5) is 17.6 Å². The van der Waals surface area contributed by atoms with Crippen LogP contribution in [0.15, 0.2) is 36.4 Å². The maximum atomic E-state index is 5.58. The normalized spacial score (nSPS) is 20.3. The van der Waals surface area contributed by atoms with E-state index in [0.29, 0.717) is 17.0 Å². The second-order valence-electron chi connectivity index (χ2n) is 8.43. The van der Waals surface area contributed by atoms with E-state index in [1.165, 1.54) is 18.4 Å². The van der Waals surface area contributed by atoms with Crippen LogP contribution in [-0.4, -0.2) is 54.5 Å². The molecule has 1 aromatic heterocycles. The van der Waals surface area contributed by atoms with Crippen LogP contribution in [0.25, 0.3) is 0 Å². The monoisotopic (exact) mass is 440 g/mol. The van der Waals surface area contributed by atoms with Crippen molar-refractivity contribution in [2.75, 3.05) is 54.5 Å². The summed E-state index contributed by atoms with van der Waals surface area (Å²) in [6.45, 7) is 9.55. The summed E-state index contributed by atoms with van der Waals surface area (Å²) in [5.41, 5.74) is 1.18. The molecule has 3 heterocycles. The minimum absolute atomic E-state index is 0.0889. The van der Waals surface area contributed by atoms with E-state index in [-0.39, 0.29) is 6.04 Å². The number of nitrogens with one attached hydrogen (secondary N) is 2. The number of piperidine rings is 1. The number of anilines is 3. The van der Waals surface area contributed by atoms with Gasteiger partial charge in [-0.1, -0.05) is 37.3 Å². The fraction of sp³-hybridized carbons (Fsp3) is 0.522. The van der Waals surface area contributed by atoms with Crippen LogP contribution in [0.5, 0.6) is 0 Å². The first-order valence-electron chi connectivity index (χ1n) is 11.2. The Hall–Kier alpha value is -2.45. The number of thiocarbonyl (C=S) groups is 1. The van der Waals surface area contributed by atoms with Crippen molar-refractivity contribution in [2.45, 2.75) is 32.7 Å². The zero-order chi connectivity index (χ0) is 21.6. The van der Waals surface area contributed by atoms with Crippen molar-refractivity contribution < 1.29 is 4.74 Å². The summed E-state index contributed by atoms with van der Waals surface area (Å²) in [5, 5.41) is 7.09. The Morgan fingerprint density at radius 2 is 1.81 bits per heavy atom. The van der Waals surface area contributed by atoms with Gasteiger partial charge in [-0.3, -0.25) is 0 Å². The molecule has 7 nitrogen and oxygen atoms in total. The molecule has 0 unspecified atom stereocenters. The lowest BCUT2D eigenvalue weighted by atomic mass is 10.0. The molecule has 2 N–H and O–H groups in total. The predicted octanol–water partition coefficient (Wildman–Crippen LogP) is 3.60. The zero-order valence-electron chi connectivity index (χ0n) is 18.4. The largest absolute Gasteiger partial charge is 0.378 e. The highest BCUT2D eigenvalue weighted by Gasteiger charge is 2.21. The molecule has 166 valence electrons. The van der Waals surface area contributed by atoms with Crippen molar-refractivity contribution in [1.29, 1.82) is 0 Å². The standard InChI is InChI=1S/C23H32N6OS/c1-17-7-6-10-29(16-17)21-15-20(28-11-13-30-14-12-28)25-22(26-21)27-23(31)24-18(2)19-8-4-3-5-9-19/h3-5,8-9,15,17-18H,6-7,10-14,16H2,1-2H3,(H2,24,25,26,27,31)/t17-,18+/m0/s1. The number of aromatic nitrogens is 2. The summed E-state index contributed by atoms with van der Waals surface area (Å²) in [7, 11) is 0. The highest BCUT2D eigenvalue weighted by molar-refractivity contribution is 7.80. The molecule has 31 heavy (non-hydrogen) atoms. The fourth-order valence-corrected chi connectivity index (χ4v) is 4.42. The molecule has 2 aliphatic heterocycles. The highest BCUT2D eigenvalue weighted by Crippen LogP contribution is 2.26. The molecule has 2 fully saturated rings. The molecule has 2 atom stereocenters. The molecule has 0 aliphatic carbocycles. The van der Waals surface area contributed by atoms with Gasteiger partial charge in [-0.25, -0.2) is 0 Å². The molecule has 2 aromatic rings. The Morgan fingerprint density at radius 3 is 2.52 bits per heavy atom. The third-order valence-electron chi connectivity index (χ3n) is 5.89. The fourth-order valence-electron chi connectivity index (χ4n) is 4.15. The number of benzene rings is 1. The van der Waals surface area contributed by atoms with Crippen molar-refractivity contribution in [2.24, 2.45) is 5.92 Å². The van der Waals surface area contributed by atoms with Gasteiger partial charge in [0.05, 0.1) is 19.3 Å². The highest BCUT2D eigenvalue weighted by atomic mass is 32.1. The maximum Gasteiger partial charge on any atom is 0.232 e. The van der Waals surface area contributed by atoms with Crippen LogP contribution in [0.2, 0.25) is 0 Å². The second-order valence-corrected chi connectivity index (χ2v) is 8.84. The van der Waals surface area contributed by atoms with E-state index in [2.05, 4.69) is 52.5 Å². The minimum atomic E-state index is 0.0889. The van der Waals surface area contributed by atoms with E-state index >= 15 is 0 Å². The quantitative estimate of drug-likeness (QED) is 0.684. The van der Waals surface area contributed by atoms with Crippen molar-refractivity contribution >= 4 is 34.9 Å². The third-order valence-corrected chi connectivity index (χ3v) is 6.11. The van der Waals surface area contributed by atoms with Crippen LogP contribution in [0.1, 0.15) is 38.3 Å². The lowest BCUT2D eigenvalue weighted by molar-refractivity contribution is 0.122. The Labute approximate surface area is 190 Å². The third kappa shape index (κ3) is 5.83. The van der Waals surface area contributed by atoms with Crippen LogP contribution < -0.4 is 20.4 Å². The van der Waals surface area contributed by atoms with Gasteiger partial charge in [0.2, 0.25) is 5.95 Å². The van der Waals surface area contributed by atoms with Gasteiger partial charge in [0, 0.05) is 32.2 Å². The van der Waals surface area contributed by atoms with E-state index in [0.717, 1.165) is 51.0 Å². The Kier molecular flexibility index (Phi) is 7.19. The van der Waals surface area contributed by atoms with Gasteiger partial charge in [0.25, 0.3) is 0 Å². The lowest BCUT2D eigenvalue weighted by Crippen LogP contribution is -2.38. The Morgan fingerprint density at radius 1 is 1.10 bits per heavy atom. The molecule has 2 saturated heterocycles. The SMILES string of the molecule is C[C@H]1CCCN(c2cc(N3CCOCC3)nc(NC(=S)N[C@H](C)c3ccccc3)n2)C1. The van der Waals surface area contributed by atoms with Gasteiger partial charge in [0.1, 0.15) is 11.6 Å². The first-order chi connectivity index (χ1) is 15.1. The van der Waals surface area contributed by atoms with Crippen LogP contribution in [0.3, 0.4) is 0 Å². The average molecular weight is 441 g/mol. The molecule has 0 radical (unpaired) electrons. The van der Waals surface area contributed by atoms with E-state index in [9.17, 15) is 0 Å². The number of hydrogen-bond donors (Lipinski definition) is 2. The van der Waals surface area contributed by atoms with Gasteiger partial charge in [-0.05, 0) is 43.5 Å². The summed E-state index contributed by atoms with van der Waals surface area (Å²) in [6.07, 6.45) is 2.46.